The van der Waals surface area contributed by atoms with E-state index in [0.29, 0.717) is 41.4 Å². The summed E-state index contributed by atoms with van der Waals surface area (Å²) in [6.07, 6.45) is 5.73. The smallest absolute Gasteiger partial charge is 0.276 e. The van der Waals surface area contributed by atoms with Gasteiger partial charge in [0.25, 0.3) is 5.56 Å². The van der Waals surface area contributed by atoms with Gasteiger partial charge in [0.2, 0.25) is 10.0 Å². The summed E-state index contributed by atoms with van der Waals surface area (Å²) in [5, 5.41) is 8.35. The fraction of sp³-hybridized carbons (Fsp3) is 0.350. The first-order valence-corrected chi connectivity index (χ1v) is 11.1. The van der Waals surface area contributed by atoms with Crippen LogP contribution < -0.4 is 15.4 Å². The zero-order valence-corrected chi connectivity index (χ0v) is 18.0. The highest BCUT2D eigenvalue weighted by Gasteiger charge is 2.19. The molecule has 3 rings (SSSR count). The zero-order chi connectivity index (χ0) is 21.9. The molecule has 0 aromatic carbocycles. The van der Waals surface area contributed by atoms with E-state index in [0.717, 1.165) is 18.4 Å². The number of nitrogens with two attached hydrogens (primary N) is 1. The molecule has 0 aliphatic carbocycles. The maximum Gasteiger partial charge on any atom is 0.276 e. The number of rotatable bonds is 8. The third-order valence-corrected chi connectivity index (χ3v) is 5.79. The number of unbranched alkanes of at least 4 members (excludes halogenated alkanes) is 1. The van der Waals surface area contributed by atoms with Crippen LogP contribution in [0.2, 0.25) is 0 Å². The van der Waals surface area contributed by atoms with Crippen molar-refractivity contribution in [2.45, 2.75) is 44.4 Å². The molecule has 0 atom stereocenters. The van der Waals surface area contributed by atoms with E-state index in [2.05, 4.69) is 15.1 Å². The lowest BCUT2D eigenvalue weighted by Gasteiger charge is -2.09. The first-order valence-electron chi connectivity index (χ1n) is 9.56. The molecule has 3 heterocycles. The van der Waals surface area contributed by atoms with Crippen molar-refractivity contribution >= 4 is 10.0 Å². The van der Waals surface area contributed by atoms with E-state index in [1.807, 2.05) is 13.0 Å². The average Bonchev–Trinajstić information content (AvgIpc) is 2.99. The SMILES string of the molecule is CCCCc1nc(-n2[nH]c(C)c(Cc3cncc(OC)c3)c2=O)ccc1S(N)(=O)=O. The number of aryl methyl sites for hydroxylation is 2. The number of aromatic nitrogens is 4. The summed E-state index contributed by atoms with van der Waals surface area (Å²) >= 11 is 0. The number of pyridine rings is 2. The summed E-state index contributed by atoms with van der Waals surface area (Å²) in [6, 6.07) is 4.70. The van der Waals surface area contributed by atoms with Gasteiger partial charge in [0.05, 0.1) is 19.0 Å². The van der Waals surface area contributed by atoms with Crippen LogP contribution in [0.4, 0.5) is 0 Å². The molecule has 30 heavy (non-hydrogen) atoms. The van der Waals surface area contributed by atoms with Crippen molar-refractivity contribution in [3.05, 3.63) is 63.5 Å². The summed E-state index contributed by atoms with van der Waals surface area (Å²) in [6.45, 7) is 3.80. The number of nitrogens with zero attached hydrogens (tertiary/aromatic N) is 3. The van der Waals surface area contributed by atoms with Crippen LogP contribution in [0.3, 0.4) is 0 Å². The Morgan fingerprint density at radius 2 is 2.03 bits per heavy atom. The topological polar surface area (TPSA) is 133 Å². The number of sulfonamides is 1. The molecular formula is C20H25N5O4S. The number of H-pyrrole nitrogens is 1. The van der Waals surface area contributed by atoms with Crippen LogP contribution >= 0.6 is 0 Å². The van der Waals surface area contributed by atoms with Gasteiger partial charge in [-0.15, -0.1) is 0 Å². The van der Waals surface area contributed by atoms with Gasteiger partial charge in [-0.05, 0) is 43.5 Å². The molecule has 0 aliphatic rings. The largest absolute Gasteiger partial charge is 0.495 e. The minimum absolute atomic E-state index is 0.0151. The van der Waals surface area contributed by atoms with Gasteiger partial charge in [0.1, 0.15) is 10.6 Å². The van der Waals surface area contributed by atoms with Crippen LogP contribution in [0.25, 0.3) is 5.82 Å². The minimum atomic E-state index is -3.90. The Kier molecular flexibility index (Phi) is 6.37. The molecule has 160 valence electrons. The van der Waals surface area contributed by atoms with Gasteiger partial charge < -0.3 is 4.74 Å². The first-order chi connectivity index (χ1) is 14.2. The Bertz CT molecular complexity index is 1210. The lowest BCUT2D eigenvalue weighted by Crippen LogP contribution is -2.21. The maximum atomic E-state index is 13.1. The van der Waals surface area contributed by atoms with Gasteiger partial charge >= 0.3 is 0 Å². The fourth-order valence-corrected chi connectivity index (χ4v) is 3.94. The van der Waals surface area contributed by atoms with Crippen LogP contribution in [0.5, 0.6) is 5.75 Å². The Balaban J connectivity index is 2.02. The van der Waals surface area contributed by atoms with Gasteiger partial charge in [0.15, 0.2) is 5.82 Å². The van der Waals surface area contributed by atoms with E-state index in [-0.39, 0.29) is 10.5 Å². The summed E-state index contributed by atoms with van der Waals surface area (Å²) in [5.41, 5.74) is 2.19. The Labute approximate surface area is 175 Å². The molecule has 3 N–H and O–H groups in total. The highest BCUT2D eigenvalue weighted by atomic mass is 32.2. The van der Waals surface area contributed by atoms with E-state index in [9.17, 15) is 13.2 Å². The Hall–Kier alpha value is -2.98. The minimum Gasteiger partial charge on any atom is -0.495 e. The lowest BCUT2D eigenvalue weighted by molar-refractivity contribution is 0.412. The van der Waals surface area contributed by atoms with Gasteiger partial charge in [0, 0.05) is 23.9 Å². The van der Waals surface area contributed by atoms with Crippen molar-refractivity contribution in [1.82, 2.24) is 19.7 Å². The van der Waals surface area contributed by atoms with Crippen LogP contribution in [0.1, 0.15) is 42.3 Å². The van der Waals surface area contributed by atoms with Crippen LogP contribution in [-0.4, -0.2) is 35.3 Å². The molecule has 0 amide bonds. The standard InChI is InChI=1S/C20H25N5O4S/c1-4-5-6-17-18(30(21,27)28)7-8-19(23-17)25-20(26)16(13(2)24-25)10-14-9-15(29-3)12-22-11-14/h7-9,11-12,24H,4-6,10H2,1-3H3,(H2,21,27,28). The quantitative estimate of drug-likeness (QED) is 0.559. The predicted molar refractivity (Wildman–Crippen MR) is 113 cm³/mol. The van der Waals surface area contributed by atoms with E-state index in [1.165, 1.54) is 16.8 Å². The molecule has 0 unspecified atom stereocenters. The second-order valence-electron chi connectivity index (χ2n) is 7.03. The van der Waals surface area contributed by atoms with Gasteiger partial charge in [-0.25, -0.2) is 23.2 Å². The molecular weight excluding hydrogens is 406 g/mol. The normalized spacial score (nSPS) is 11.6. The molecule has 3 aromatic rings. The third kappa shape index (κ3) is 4.60. The fourth-order valence-electron chi connectivity index (χ4n) is 3.21. The first kappa shape index (κ1) is 21.7. The second-order valence-corrected chi connectivity index (χ2v) is 8.56. The number of ether oxygens (including phenoxy) is 1. The molecule has 0 saturated heterocycles. The molecule has 0 aliphatic heterocycles. The average molecular weight is 432 g/mol. The lowest BCUT2D eigenvalue weighted by atomic mass is 10.1. The number of nitrogens with one attached hydrogen (secondary N) is 1. The van der Waals surface area contributed by atoms with E-state index >= 15 is 0 Å². The number of methoxy groups -OCH3 is 1. The van der Waals surface area contributed by atoms with Crippen LogP contribution in [0, 0.1) is 6.92 Å². The molecule has 9 nitrogen and oxygen atoms in total. The van der Waals surface area contributed by atoms with Crippen molar-refractivity contribution < 1.29 is 13.2 Å². The predicted octanol–water partition coefficient (Wildman–Crippen LogP) is 1.85. The van der Waals surface area contributed by atoms with Crippen LogP contribution in [0.15, 0.2) is 40.3 Å². The molecule has 0 saturated carbocycles. The van der Waals surface area contributed by atoms with Gasteiger partial charge in [-0.3, -0.25) is 14.9 Å². The highest BCUT2D eigenvalue weighted by molar-refractivity contribution is 7.89. The summed E-state index contributed by atoms with van der Waals surface area (Å²) in [5.74, 6) is 0.929. The second kappa shape index (κ2) is 8.80. The number of hydrogen-bond donors (Lipinski definition) is 2. The molecule has 0 spiro atoms. The monoisotopic (exact) mass is 431 g/mol. The number of primary sulfonamides is 1. The Morgan fingerprint density at radius 1 is 1.27 bits per heavy atom. The third-order valence-electron chi connectivity index (χ3n) is 4.80. The molecule has 3 aromatic heterocycles. The molecule has 0 fully saturated rings. The van der Waals surface area contributed by atoms with E-state index in [4.69, 9.17) is 9.88 Å². The van der Waals surface area contributed by atoms with Crippen molar-refractivity contribution in [1.29, 1.82) is 0 Å². The maximum absolute atomic E-state index is 13.1. The van der Waals surface area contributed by atoms with Crippen molar-refractivity contribution in [2.75, 3.05) is 7.11 Å². The number of hydrogen-bond acceptors (Lipinski definition) is 6. The summed E-state index contributed by atoms with van der Waals surface area (Å²) in [7, 11) is -2.34. The van der Waals surface area contributed by atoms with E-state index in [1.54, 1.807) is 26.4 Å². The number of aromatic amines is 1. The highest BCUT2D eigenvalue weighted by Crippen LogP contribution is 2.18. The van der Waals surface area contributed by atoms with E-state index < -0.39 is 10.0 Å². The molecule has 0 radical (unpaired) electrons. The van der Waals surface area contributed by atoms with Crippen molar-refractivity contribution in [3.8, 4) is 11.6 Å². The summed E-state index contributed by atoms with van der Waals surface area (Å²) in [4.78, 5) is 21.6. The van der Waals surface area contributed by atoms with Gasteiger partial charge in [-0.2, -0.15) is 0 Å². The molecule has 0 bridgehead atoms. The zero-order valence-electron chi connectivity index (χ0n) is 17.2. The molecule has 10 heteroatoms. The summed E-state index contributed by atoms with van der Waals surface area (Å²) < 4.78 is 30.3. The van der Waals surface area contributed by atoms with Crippen LogP contribution in [-0.2, 0) is 22.9 Å². The van der Waals surface area contributed by atoms with Crippen molar-refractivity contribution in [3.63, 3.8) is 0 Å². The van der Waals surface area contributed by atoms with Crippen molar-refractivity contribution in [2.24, 2.45) is 5.14 Å². The Morgan fingerprint density at radius 3 is 2.70 bits per heavy atom. The van der Waals surface area contributed by atoms with Gasteiger partial charge in [-0.1, -0.05) is 13.3 Å².